The Bertz CT molecular complexity index is 699. The van der Waals surface area contributed by atoms with E-state index in [-0.39, 0.29) is 0 Å². The van der Waals surface area contributed by atoms with Gasteiger partial charge in [0, 0.05) is 17.5 Å². The van der Waals surface area contributed by atoms with Gasteiger partial charge in [-0.15, -0.1) is 0 Å². The molecule has 1 atom stereocenters. The minimum absolute atomic E-state index is 0.417. The Hall–Kier alpha value is -2.54. The summed E-state index contributed by atoms with van der Waals surface area (Å²) in [7, 11) is 0. The van der Waals surface area contributed by atoms with Crippen LogP contribution in [0.4, 0.5) is 4.79 Å². The average molecular weight is 296 g/mol. The second kappa shape index (κ2) is 7.46. The van der Waals surface area contributed by atoms with E-state index in [1.165, 1.54) is 0 Å². The van der Waals surface area contributed by atoms with Gasteiger partial charge in [-0.25, -0.2) is 4.79 Å². The molecule has 1 amide bonds. The van der Waals surface area contributed by atoms with Gasteiger partial charge < -0.3 is 10.1 Å². The number of alkyl carbamates (subject to hydrolysis) is 1. The summed E-state index contributed by atoms with van der Waals surface area (Å²) in [5.74, 6) is 0. The maximum atomic E-state index is 11.8. The number of benzene rings is 2. The zero-order valence-electron chi connectivity index (χ0n) is 12.9. The molecule has 0 radical (unpaired) electrons. The molecule has 1 unspecified atom stereocenters. The highest BCUT2D eigenvalue weighted by Gasteiger charge is 2.15. The molecule has 4 heteroatoms. The average Bonchev–Trinajstić information content (AvgIpc) is 2.53. The van der Waals surface area contributed by atoms with E-state index in [1.54, 1.807) is 6.07 Å². The Labute approximate surface area is 130 Å². The first-order chi connectivity index (χ1) is 10.7. The molecular formula is C18H20N2O2. The van der Waals surface area contributed by atoms with Crippen molar-refractivity contribution in [1.82, 2.24) is 5.32 Å². The predicted octanol–water partition coefficient (Wildman–Crippen LogP) is 4.30. The molecule has 0 saturated heterocycles. The molecule has 0 spiro atoms. The zero-order chi connectivity index (χ0) is 15.9. The van der Waals surface area contributed by atoms with Gasteiger partial charge in [0.1, 0.15) is 6.10 Å². The monoisotopic (exact) mass is 296 g/mol. The van der Waals surface area contributed by atoms with Crippen LogP contribution in [0.3, 0.4) is 0 Å². The molecule has 0 aliphatic rings. The third-order valence-electron chi connectivity index (χ3n) is 3.58. The number of nitrogens with one attached hydrogen (secondary N) is 1. The summed E-state index contributed by atoms with van der Waals surface area (Å²) >= 11 is 0. The lowest BCUT2D eigenvalue weighted by molar-refractivity contribution is 0.108. The van der Waals surface area contributed by atoms with Crippen molar-refractivity contribution in [2.24, 2.45) is 0 Å². The summed E-state index contributed by atoms with van der Waals surface area (Å²) < 4.78 is 5.43. The fourth-order valence-corrected chi connectivity index (χ4v) is 2.43. The standard InChI is InChI=1S/C18H20N2O2/c1-3-4-11-20-18(21)22-13(2)16-10-6-8-14-7-5-9-15(12-19)17(14)16/h5-10,13H,3-4,11H2,1-2H3,(H,20,21). The molecule has 0 aromatic heterocycles. The first-order valence-corrected chi connectivity index (χ1v) is 7.53. The normalized spacial score (nSPS) is 11.7. The number of carbonyl (C=O) groups is 1. The number of fused-ring (bicyclic) bond motifs is 1. The van der Waals surface area contributed by atoms with E-state index < -0.39 is 12.2 Å². The van der Waals surface area contributed by atoms with Gasteiger partial charge in [0.15, 0.2) is 0 Å². The van der Waals surface area contributed by atoms with E-state index in [2.05, 4.69) is 18.3 Å². The minimum atomic E-state index is -0.424. The van der Waals surface area contributed by atoms with Crippen molar-refractivity contribution >= 4 is 16.9 Å². The van der Waals surface area contributed by atoms with Crippen molar-refractivity contribution in [3.05, 3.63) is 47.5 Å². The molecular weight excluding hydrogens is 276 g/mol. The van der Waals surface area contributed by atoms with Crippen molar-refractivity contribution < 1.29 is 9.53 Å². The number of amides is 1. The number of rotatable bonds is 5. The highest BCUT2D eigenvalue weighted by molar-refractivity contribution is 5.91. The third kappa shape index (κ3) is 3.56. The molecule has 0 aliphatic heterocycles. The van der Waals surface area contributed by atoms with Crippen molar-refractivity contribution in [2.45, 2.75) is 32.8 Å². The molecule has 2 rings (SSSR count). The molecule has 0 saturated carbocycles. The van der Waals surface area contributed by atoms with E-state index in [1.807, 2.05) is 37.3 Å². The van der Waals surface area contributed by atoms with Crippen LogP contribution in [0.1, 0.15) is 43.9 Å². The van der Waals surface area contributed by atoms with Gasteiger partial charge in [-0.3, -0.25) is 0 Å². The van der Waals surface area contributed by atoms with Gasteiger partial charge in [-0.05, 0) is 24.8 Å². The lowest BCUT2D eigenvalue weighted by atomic mass is 9.97. The van der Waals surface area contributed by atoms with Gasteiger partial charge in [-0.1, -0.05) is 43.7 Å². The largest absolute Gasteiger partial charge is 0.442 e. The van der Waals surface area contributed by atoms with Crippen LogP contribution in [-0.4, -0.2) is 12.6 Å². The molecule has 4 nitrogen and oxygen atoms in total. The topological polar surface area (TPSA) is 62.1 Å². The number of hydrogen-bond donors (Lipinski definition) is 1. The van der Waals surface area contributed by atoms with Crippen molar-refractivity contribution in [3.8, 4) is 6.07 Å². The Morgan fingerprint density at radius 2 is 2.05 bits per heavy atom. The summed E-state index contributed by atoms with van der Waals surface area (Å²) in [6.07, 6.45) is 1.10. The molecule has 0 bridgehead atoms. The first kappa shape index (κ1) is 15.8. The lowest BCUT2D eigenvalue weighted by Crippen LogP contribution is -2.26. The maximum Gasteiger partial charge on any atom is 0.407 e. The Balaban J connectivity index is 2.23. The second-order valence-corrected chi connectivity index (χ2v) is 5.19. The van der Waals surface area contributed by atoms with Gasteiger partial charge >= 0.3 is 6.09 Å². The summed E-state index contributed by atoms with van der Waals surface area (Å²) in [5.41, 5.74) is 1.44. The molecule has 2 aromatic rings. The zero-order valence-corrected chi connectivity index (χ0v) is 12.9. The van der Waals surface area contributed by atoms with Crippen LogP contribution < -0.4 is 5.32 Å². The smallest absolute Gasteiger partial charge is 0.407 e. The molecule has 0 heterocycles. The number of carbonyl (C=O) groups excluding carboxylic acids is 1. The highest BCUT2D eigenvalue weighted by atomic mass is 16.6. The third-order valence-corrected chi connectivity index (χ3v) is 3.58. The molecule has 0 fully saturated rings. The molecule has 2 aromatic carbocycles. The Kier molecular flexibility index (Phi) is 5.37. The Morgan fingerprint density at radius 3 is 2.73 bits per heavy atom. The van der Waals surface area contributed by atoms with Gasteiger partial charge in [0.25, 0.3) is 0 Å². The van der Waals surface area contributed by atoms with Crippen LogP contribution in [0.15, 0.2) is 36.4 Å². The van der Waals surface area contributed by atoms with Gasteiger partial charge in [0.2, 0.25) is 0 Å². The molecule has 114 valence electrons. The van der Waals surface area contributed by atoms with Crippen LogP contribution in [0.5, 0.6) is 0 Å². The first-order valence-electron chi connectivity index (χ1n) is 7.53. The van der Waals surface area contributed by atoms with Crippen LogP contribution >= 0.6 is 0 Å². The summed E-state index contributed by atoms with van der Waals surface area (Å²) in [6.45, 7) is 4.50. The van der Waals surface area contributed by atoms with E-state index in [9.17, 15) is 10.1 Å². The van der Waals surface area contributed by atoms with Gasteiger partial charge in [-0.2, -0.15) is 5.26 Å². The van der Waals surface area contributed by atoms with Crippen LogP contribution in [0.25, 0.3) is 10.8 Å². The number of nitriles is 1. The SMILES string of the molecule is CCCCNC(=O)OC(C)c1cccc2cccc(C#N)c12. The summed E-state index contributed by atoms with van der Waals surface area (Å²) in [4.78, 5) is 11.8. The van der Waals surface area contributed by atoms with Gasteiger partial charge in [0.05, 0.1) is 11.6 Å². The van der Waals surface area contributed by atoms with E-state index in [4.69, 9.17) is 4.74 Å². The molecule has 22 heavy (non-hydrogen) atoms. The van der Waals surface area contributed by atoms with E-state index >= 15 is 0 Å². The lowest BCUT2D eigenvalue weighted by Gasteiger charge is -2.17. The predicted molar refractivity (Wildman–Crippen MR) is 86.5 cm³/mol. The van der Waals surface area contributed by atoms with Crippen LogP contribution in [0, 0.1) is 11.3 Å². The molecule has 0 aliphatic carbocycles. The van der Waals surface area contributed by atoms with Crippen molar-refractivity contribution in [3.63, 3.8) is 0 Å². The fourth-order valence-electron chi connectivity index (χ4n) is 2.43. The number of nitrogens with zero attached hydrogens (tertiary/aromatic N) is 1. The summed E-state index contributed by atoms with van der Waals surface area (Å²) in [6, 6.07) is 13.5. The van der Waals surface area contributed by atoms with E-state index in [0.717, 1.165) is 29.2 Å². The van der Waals surface area contributed by atoms with Crippen molar-refractivity contribution in [1.29, 1.82) is 5.26 Å². The minimum Gasteiger partial charge on any atom is -0.442 e. The fraction of sp³-hybridized carbons (Fsp3) is 0.333. The maximum absolute atomic E-state index is 11.8. The van der Waals surface area contributed by atoms with E-state index in [0.29, 0.717) is 12.1 Å². The number of unbranched alkanes of at least 4 members (excludes halogenated alkanes) is 1. The highest BCUT2D eigenvalue weighted by Crippen LogP contribution is 2.29. The second-order valence-electron chi connectivity index (χ2n) is 5.19. The van der Waals surface area contributed by atoms with Crippen LogP contribution in [-0.2, 0) is 4.74 Å². The Morgan fingerprint density at radius 1 is 1.32 bits per heavy atom. The van der Waals surface area contributed by atoms with Crippen molar-refractivity contribution in [2.75, 3.05) is 6.54 Å². The quantitative estimate of drug-likeness (QED) is 0.837. The number of hydrogen-bond acceptors (Lipinski definition) is 3. The molecule has 1 N–H and O–H groups in total. The summed E-state index contributed by atoms with van der Waals surface area (Å²) in [5, 5.41) is 13.9. The van der Waals surface area contributed by atoms with Crippen LogP contribution in [0.2, 0.25) is 0 Å². The number of ether oxygens (including phenoxy) is 1.